The number of nitrogens with zero attached hydrogens (tertiary/aromatic N) is 3. The average molecular weight is 535 g/mol. The molecule has 0 amide bonds. The van der Waals surface area contributed by atoms with Gasteiger partial charge in [-0.2, -0.15) is 0 Å². The zero-order chi connectivity index (χ0) is 21.6. The quantitative estimate of drug-likeness (QED) is 0.131. The number of nitro groups is 1. The Morgan fingerprint density at radius 1 is 1.23 bits per heavy atom. The molecule has 8 nitrogen and oxygen atoms in total. The predicted octanol–water partition coefficient (Wildman–Crippen LogP) is 4.64. The van der Waals surface area contributed by atoms with Gasteiger partial charge in [0.05, 0.1) is 19.8 Å². The van der Waals surface area contributed by atoms with Gasteiger partial charge in [-0.05, 0) is 46.2 Å². The van der Waals surface area contributed by atoms with Crippen molar-refractivity contribution in [2.75, 3.05) is 17.6 Å². The van der Waals surface area contributed by atoms with E-state index in [0.717, 1.165) is 33.3 Å². The summed E-state index contributed by atoms with van der Waals surface area (Å²) in [6.45, 7) is 1.91. The van der Waals surface area contributed by atoms with Crippen LogP contribution >= 0.6 is 22.6 Å². The van der Waals surface area contributed by atoms with Crippen LogP contribution in [0.1, 0.15) is 12.0 Å². The van der Waals surface area contributed by atoms with Crippen molar-refractivity contribution in [3.05, 3.63) is 70.4 Å². The Bertz CT molecular complexity index is 1060. The number of alkyl halides is 1. The standard InChI is InChI=1S/C22H22IN3O5/c23-8-3-9-29-19-7-2-6-18(11-19)17-5-1-4-16(10-17)14-30-20-12-25-13-21(26(27)28)24-22(25)31-15-20/h1-2,4-7,10-11,13,20H,3,8-9,12,14-15H2/t20-/m0/s1. The molecule has 0 radical (unpaired) electrons. The van der Waals surface area contributed by atoms with E-state index in [1.54, 1.807) is 4.57 Å². The van der Waals surface area contributed by atoms with Gasteiger partial charge in [-0.25, -0.2) is 0 Å². The third kappa shape index (κ3) is 5.53. The summed E-state index contributed by atoms with van der Waals surface area (Å²) in [6, 6.07) is 16.5. The molecule has 1 aliphatic rings. The number of aromatic nitrogens is 2. The van der Waals surface area contributed by atoms with E-state index in [1.165, 1.54) is 6.20 Å². The molecule has 162 valence electrons. The molecule has 0 saturated heterocycles. The smallest absolute Gasteiger partial charge is 0.414 e. The zero-order valence-electron chi connectivity index (χ0n) is 16.8. The topological polar surface area (TPSA) is 88.7 Å². The van der Waals surface area contributed by atoms with Crippen LogP contribution in [0.25, 0.3) is 11.1 Å². The molecule has 2 aromatic carbocycles. The van der Waals surface area contributed by atoms with E-state index in [2.05, 4.69) is 51.8 Å². The van der Waals surface area contributed by atoms with Gasteiger partial charge in [0, 0.05) is 9.41 Å². The van der Waals surface area contributed by atoms with E-state index in [1.807, 2.05) is 24.3 Å². The van der Waals surface area contributed by atoms with Crippen molar-refractivity contribution < 1.29 is 19.1 Å². The highest BCUT2D eigenvalue weighted by Crippen LogP contribution is 2.26. The number of imidazole rings is 1. The summed E-state index contributed by atoms with van der Waals surface area (Å²) in [4.78, 5) is 14.2. The summed E-state index contributed by atoms with van der Waals surface area (Å²) >= 11 is 2.35. The Morgan fingerprint density at radius 3 is 2.84 bits per heavy atom. The van der Waals surface area contributed by atoms with Crippen molar-refractivity contribution in [1.82, 2.24) is 9.55 Å². The maximum Gasteiger partial charge on any atom is 0.414 e. The fourth-order valence-corrected chi connectivity index (χ4v) is 3.64. The molecule has 1 aliphatic heterocycles. The van der Waals surface area contributed by atoms with Gasteiger partial charge in [-0.3, -0.25) is 4.57 Å². The summed E-state index contributed by atoms with van der Waals surface area (Å²) in [5, 5.41) is 10.9. The molecule has 31 heavy (non-hydrogen) atoms. The monoisotopic (exact) mass is 535 g/mol. The molecule has 0 unspecified atom stereocenters. The normalized spacial score (nSPS) is 15.2. The van der Waals surface area contributed by atoms with Crippen molar-refractivity contribution in [2.45, 2.75) is 25.7 Å². The number of fused-ring (bicyclic) bond motifs is 1. The van der Waals surface area contributed by atoms with Crippen molar-refractivity contribution in [2.24, 2.45) is 0 Å². The highest BCUT2D eigenvalue weighted by molar-refractivity contribution is 14.1. The predicted molar refractivity (Wildman–Crippen MR) is 124 cm³/mol. The summed E-state index contributed by atoms with van der Waals surface area (Å²) in [6.07, 6.45) is 2.19. The van der Waals surface area contributed by atoms with Crippen molar-refractivity contribution >= 4 is 28.4 Å². The lowest BCUT2D eigenvalue weighted by Gasteiger charge is -2.22. The lowest BCUT2D eigenvalue weighted by atomic mass is 10.0. The second kappa shape index (κ2) is 10.1. The average Bonchev–Trinajstić information content (AvgIpc) is 3.22. The third-order valence-electron chi connectivity index (χ3n) is 4.84. The maximum atomic E-state index is 10.9. The van der Waals surface area contributed by atoms with E-state index < -0.39 is 4.92 Å². The summed E-state index contributed by atoms with van der Waals surface area (Å²) < 4.78 is 20.0. The SMILES string of the molecule is O=[N+]([O-])c1cn2c(n1)OC[C@@H](OCc1cccc(-c3cccc(OCCCI)c3)c1)C2. The molecule has 0 aliphatic carbocycles. The Labute approximate surface area is 193 Å². The van der Waals surface area contributed by atoms with E-state index >= 15 is 0 Å². The number of hydrogen-bond donors (Lipinski definition) is 0. The minimum atomic E-state index is -0.528. The fourth-order valence-electron chi connectivity index (χ4n) is 3.32. The number of hydrogen-bond acceptors (Lipinski definition) is 6. The summed E-state index contributed by atoms with van der Waals surface area (Å²) in [5.74, 6) is 0.650. The first-order chi connectivity index (χ1) is 15.1. The molecular formula is C22H22IN3O5. The first kappa shape index (κ1) is 21.6. The zero-order valence-corrected chi connectivity index (χ0v) is 18.9. The van der Waals surface area contributed by atoms with Gasteiger partial charge in [-0.15, -0.1) is 0 Å². The van der Waals surface area contributed by atoms with Crippen LogP contribution in [0.3, 0.4) is 0 Å². The molecule has 3 aromatic rings. The molecule has 0 spiro atoms. The van der Waals surface area contributed by atoms with E-state index in [4.69, 9.17) is 14.2 Å². The van der Waals surface area contributed by atoms with Crippen molar-refractivity contribution in [3.63, 3.8) is 0 Å². The molecule has 0 N–H and O–H groups in total. The highest BCUT2D eigenvalue weighted by Gasteiger charge is 2.28. The highest BCUT2D eigenvalue weighted by atomic mass is 127. The van der Waals surface area contributed by atoms with Crippen LogP contribution in [0.4, 0.5) is 5.82 Å². The lowest BCUT2D eigenvalue weighted by molar-refractivity contribution is -0.389. The van der Waals surface area contributed by atoms with Crippen molar-refractivity contribution in [3.8, 4) is 22.9 Å². The molecule has 0 fully saturated rings. The first-order valence-electron chi connectivity index (χ1n) is 9.96. The maximum absolute atomic E-state index is 10.9. The lowest BCUT2D eigenvalue weighted by Crippen LogP contribution is -2.32. The Balaban J connectivity index is 1.38. The number of benzene rings is 2. The van der Waals surface area contributed by atoms with E-state index in [-0.39, 0.29) is 17.9 Å². The van der Waals surface area contributed by atoms with Crippen LogP contribution in [0.5, 0.6) is 11.8 Å². The van der Waals surface area contributed by atoms with Gasteiger partial charge in [0.15, 0.2) is 0 Å². The van der Waals surface area contributed by atoms with Crippen LogP contribution < -0.4 is 9.47 Å². The molecule has 1 atom stereocenters. The molecule has 9 heteroatoms. The first-order valence-corrected chi connectivity index (χ1v) is 11.5. The van der Waals surface area contributed by atoms with Crippen LogP contribution in [-0.4, -0.2) is 38.2 Å². The van der Waals surface area contributed by atoms with Crippen LogP contribution in [0.2, 0.25) is 0 Å². The van der Waals surface area contributed by atoms with Crippen LogP contribution in [0.15, 0.2) is 54.7 Å². The molecular weight excluding hydrogens is 513 g/mol. The summed E-state index contributed by atoms with van der Waals surface area (Å²) in [7, 11) is 0. The molecule has 0 saturated carbocycles. The Kier molecular flexibility index (Phi) is 7.03. The Morgan fingerprint density at radius 2 is 2.03 bits per heavy atom. The molecule has 0 bridgehead atoms. The number of rotatable bonds is 9. The summed E-state index contributed by atoms with van der Waals surface area (Å²) in [5.41, 5.74) is 3.22. The van der Waals surface area contributed by atoms with Gasteiger partial charge in [-0.1, -0.05) is 52.9 Å². The number of ether oxygens (including phenoxy) is 3. The van der Waals surface area contributed by atoms with Gasteiger partial charge in [0.2, 0.25) is 0 Å². The minimum absolute atomic E-state index is 0.209. The van der Waals surface area contributed by atoms with Crippen LogP contribution in [-0.2, 0) is 17.9 Å². The Hall–Kier alpha value is -2.66. The molecule has 4 rings (SSSR count). The minimum Gasteiger partial charge on any atom is -0.494 e. The van der Waals surface area contributed by atoms with Gasteiger partial charge < -0.3 is 24.3 Å². The van der Waals surface area contributed by atoms with Gasteiger partial charge in [0.1, 0.15) is 24.7 Å². The van der Waals surface area contributed by atoms with Gasteiger partial charge >= 0.3 is 11.8 Å². The molecule has 1 aromatic heterocycles. The van der Waals surface area contributed by atoms with Gasteiger partial charge in [0.25, 0.3) is 0 Å². The fraction of sp³-hybridized carbons (Fsp3) is 0.318. The van der Waals surface area contributed by atoms with E-state index in [9.17, 15) is 10.1 Å². The van der Waals surface area contributed by atoms with E-state index in [0.29, 0.717) is 26.4 Å². The van der Waals surface area contributed by atoms with Crippen LogP contribution in [0, 0.1) is 10.1 Å². The third-order valence-corrected chi connectivity index (χ3v) is 5.60. The van der Waals surface area contributed by atoms with Crippen molar-refractivity contribution in [1.29, 1.82) is 0 Å². The second-order valence-electron chi connectivity index (χ2n) is 7.15. The molecule has 2 heterocycles. The largest absolute Gasteiger partial charge is 0.494 e. The second-order valence-corrected chi connectivity index (χ2v) is 8.23. The number of halogens is 1.